The number of hydrogen-bond donors (Lipinski definition) is 3. The van der Waals surface area contributed by atoms with Crippen LogP contribution in [0.25, 0.3) is 0 Å². The van der Waals surface area contributed by atoms with Crippen LogP contribution in [0.15, 0.2) is 36.5 Å². The average molecular weight is 985 g/mol. The Morgan fingerprint density at radius 1 is 0.400 bits per heavy atom. The molecule has 0 heterocycles. The van der Waals surface area contributed by atoms with E-state index in [2.05, 4.69) is 55.6 Å². The van der Waals surface area contributed by atoms with E-state index in [1.165, 1.54) is 238 Å². The Morgan fingerprint density at radius 3 is 1.13 bits per heavy atom. The molecule has 0 aliphatic rings. The minimum Gasteiger partial charge on any atom is -0.466 e. The summed E-state index contributed by atoms with van der Waals surface area (Å²) in [6.07, 6.45) is 74.3. The third kappa shape index (κ3) is 55.4. The summed E-state index contributed by atoms with van der Waals surface area (Å²) >= 11 is 0. The van der Waals surface area contributed by atoms with E-state index in [9.17, 15) is 19.8 Å². The number of nitrogens with one attached hydrogen (secondary N) is 1. The van der Waals surface area contributed by atoms with Gasteiger partial charge in [0.1, 0.15) is 0 Å². The molecule has 6 nitrogen and oxygen atoms in total. The third-order valence-corrected chi connectivity index (χ3v) is 14.4. The second-order valence-electron chi connectivity index (χ2n) is 21.4. The Kier molecular flexibility index (Phi) is 58.0. The van der Waals surface area contributed by atoms with Crippen molar-refractivity contribution in [3.05, 3.63) is 36.5 Å². The van der Waals surface area contributed by atoms with Crippen molar-refractivity contribution in [2.24, 2.45) is 0 Å². The van der Waals surface area contributed by atoms with Crippen LogP contribution in [-0.4, -0.2) is 47.4 Å². The van der Waals surface area contributed by atoms with Gasteiger partial charge in [-0.1, -0.05) is 275 Å². The van der Waals surface area contributed by atoms with Crippen LogP contribution in [0.1, 0.15) is 335 Å². The zero-order valence-electron chi connectivity index (χ0n) is 47.0. The number of aliphatic hydroxyl groups excluding tert-OH is 2. The SMILES string of the molecule is CCCCC/C=C\C/C=C\CCCCCCCCCC(=O)OCCCCCCCCCCC/C=C\CCCCCCCC(=O)NC(CO)C(O)CCCCCCCCCCCCCCCCCCCC. The molecule has 2 atom stereocenters. The first-order valence-electron chi connectivity index (χ1n) is 31.2. The zero-order valence-corrected chi connectivity index (χ0v) is 47.0. The molecule has 0 saturated heterocycles. The lowest BCUT2D eigenvalue weighted by Gasteiger charge is -2.22. The molecule has 3 N–H and O–H groups in total. The lowest BCUT2D eigenvalue weighted by atomic mass is 10.0. The molecule has 0 aliphatic heterocycles. The Labute approximate surface area is 436 Å². The van der Waals surface area contributed by atoms with Gasteiger partial charge in [0.2, 0.25) is 5.91 Å². The molecule has 6 heteroatoms. The van der Waals surface area contributed by atoms with Gasteiger partial charge in [-0.15, -0.1) is 0 Å². The minimum absolute atomic E-state index is 0.00448. The van der Waals surface area contributed by atoms with Crippen molar-refractivity contribution < 1.29 is 24.5 Å². The zero-order chi connectivity index (χ0) is 50.7. The predicted octanol–water partition coefficient (Wildman–Crippen LogP) is 19.6. The highest BCUT2D eigenvalue weighted by Gasteiger charge is 2.20. The number of carbonyl (C=O) groups excluding carboxylic acids is 2. The van der Waals surface area contributed by atoms with Gasteiger partial charge in [-0.25, -0.2) is 0 Å². The van der Waals surface area contributed by atoms with Gasteiger partial charge in [0.05, 0.1) is 25.4 Å². The fourth-order valence-corrected chi connectivity index (χ4v) is 9.61. The largest absolute Gasteiger partial charge is 0.466 e. The summed E-state index contributed by atoms with van der Waals surface area (Å²) in [7, 11) is 0. The standard InChI is InChI=1S/C64H121NO5/c1-3-5-7-9-11-13-15-17-19-21-25-28-32-36-40-44-48-52-56-62(67)61(60-66)65-63(68)57-53-49-45-41-37-33-29-26-22-23-27-31-35-39-43-47-51-55-59-70-64(69)58-54-50-46-42-38-34-30-24-20-18-16-14-12-10-8-6-4-2/h12,14,18,20,26,29,61-62,66-67H,3-11,13,15-17,19,21-25,27-28,30-60H2,1-2H3,(H,65,68)/b14-12-,20-18-,29-26-. The van der Waals surface area contributed by atoms with Crippen molar-refractivity contribution >= 4 is 11.9 Å². The molecule has 0 aromatic carbocycles. The number of unbranched alkanes of at least 4 members (excludes halogenated alkanes) is 41. The quantitative estimate of drug-likeness (QED) is 0.0321. The van der Waals surface area contributed by atoms with E-state index >= 15 is 0 Å². The van der Waals surface area contributed by atoms with E-state index < -0.39 is 12.1 Å². The molecule has 412 valence electrons. The second-order valence-corrected chi connectivity index (χ2v) is 21.4. The van der Waals surface area contributed by atoms with Crippen molar-refractivity contribution in [1.29, 1.82) is 0 Å². The van der Waals surface area contributed by atoms with Crippen LogP contribution in [0.2, 0.25) is 0 Å². The van der Waals surface area contributed by atoms with Gasteiger partial charge in [0.25, 0.3) is 0 Å². The minimum atomic E-state index is -0.674. The first kappa shape index (κ1) is 68.1. The van der Waals surface area contributed by atoms with Gasteiger partial charge in [-0.05, 0) is 83.5 Å². The van der Waals surface area contributed by atoms with E-state index in [1.807, 2.05) is 0 Å². The molecule has 0 radical (unpaired) electrons. The molecule has 0 fully saturated rings. The lowest BCUT2D eigenvalue weighted by molar-refractivity contribution is -0.143. The maximum absolute atomic E-state index is 12.5. The first-order chi connectivity index (χ1) is 34.5. The van der Waals surface area contributed by atoms with Crippen LogP contribution in [0, 0.1) is 0 Å². The molecule has 0 aromatic rings. The van der Waals surface area contributed by atoms with Gasteiger partial charge in [0, 0.05) is 12.8 Å². The Morgan fingerprint density at radius 2 is 0.714 bits per heavy atom. The van der Waals surface area contributed by atoms with Gasteiger partial charge >= 0.3 is 5.97 Å². The van der Waals surface area contributed by atoms with Crippen molar-refractivity contribution in [3.63, 3.8) is 0 Å². The highest BCUT2D eigenvalue weighted by Crippen LogP contribution is 2.17. The van der Waals surface area contributed by atoms with E-state index in [-0.39, 0.29) is 18.5 Å². The number of hydrogen-bond acceptors (Lipinski definition) is 5. The van der Waals surface area contributed by atoms with Crippen molar-refractivity contribution in [2.45, 2.75) is 347 Å². The number of rotatable bonds is 58. The summed E-state index contributed by atoms with van der Waals surface area (Å²) in [4.78, 5) is 24.6. The van der Waals surface area contributed by atoms with Crippen LogP contribution in [0.5, 0.6) is 0 Å². The van der Waals surface area contributed by atoms with Crippen LogP contribution in [-0.2, 0) is 14.3 Å². The molecule has 2 unspecified atom stereocenters. The maximum Gasteiger partial charge on any atom is 0.305 e. The molecular weight excluding hydrogens is 863 g/mol. The van der Waals surface area contributed by atoms with Gasteiger partial charge in [-0.2, -0.15) is 0 Å². The average Bonchev–Trinajstić information content (AvgIpc) is 3.36. The molecule has 0 saturated carbocycles. The molecule has 0 aromatic heterocycles. The Hall–Kier alpha value is -1.92. The normalized spacial score (nSPS) is 12.8. The molecule has 0 rings (SSSR count). The van der Waals surface area contributed by atoms with Crippen LogP contribution in [0.4, 0.5) is 0 Å². The molecule has 1 amide bonds. The highest BCUT2D eigenvalue weighted by molar-refractivity contribution is 5.76. The number of carbonyl (C=O) groups is 2. The smallest absolute Gasteiger partial charge is 0.305 e. The molecular formula is C64H121NO5. The Balaban J connectivity index is 3.45. The summed E-state index contributed by atoms with van der Waals surface area (Å²) in [5, 5.41) is 23.3. The number of allylic oxidation sites excluding steroid dienone is 6. The van der Waals surface area contributed by atoms with Gasteiger partial charge in [-0.3, -0.25) is 9.59 Å². The number of ether oxygens (including phenoxy) is 1. The summed E-state index contributed by atoms with van der Waals surface area (Å²) in [6.45, 7) is 4.93. The summed E-state index contributed by atoms with van der Waals surface area (Å²) in [5.74, 6) is -0.0519. The van der Waals surface area contributed by atoms with Crippen LogP contribution < -0.4 is 5.32 Å². The summed E-state index contributed by atoms with van der Waals surface area (Å²) < 4.78 is 5.48. The number of esters is 1. The molecule has 0 aliphatic carbocycles. The van der Waals surface area contributed by atoms with Gasteiger partial charge in [0.15, 0.2) is 0 Å². The van der Waals surface area contributed by atoms with Crippen molar-refractivity contribution in [1.82, 2.24) is 5.32 Å². The number of amides is 1. The topological polar surface area (TPSA) is 95.9 Å². The third-order valence-electron chi connectivity index (χ3n) is 14.4. The number of aliphatic hydroxyl groups is 2. The van der Waals surface area contributed by atoms with E-state index in [1.54, 1.807) is 0 Å². The van der Waals surface area contributed by atoms with Crippen molar-refractivity contribution in [3.8, 4) is 0 Å². The maximum atomic E-state index is 12.5. The fraction of sp³-hybridized carbons (Fsp3) is 0.875. The predicted molar refractivity (Wildman–Crippen MR) is 306 cm³/mol. The van der Waals surface area contributed by atoms with Crippen LogP contribution in [0.3, 0.4) is 0 Å². The highest BCUT2D eigenvalue weighted by atomic mass is 16.5. The summed E-state index contributed by atoms with van der Waals surface area (Å²) in [5.41, 5.74) is 0. The van der Waals surface area contributed by atoms with E-state index in [4.69, 9.17) is 4.74 Å². The molecule has 0 spiro atoms. The van der Waals surface area contributed by atoms with E-state index in [0.29, 0.717) is 25.9 Å². The molecule has 0 bridgehead atoms. The summed E-state index contributed by atoms with van der Waals surface area (Å²) in [6, 6.07) is -0.553. The monoisotopic (exact) mass is 984 g/mol. The van der Waals surface area contributed by atoms with E-state index in [0.717, 1.165) is 64.2 Å². The van der Waals surface area contributed by atoms with Gasteiger partial charge < -0.3 is 20.3 Å². The lowest BCUT2D eigenvalue weighted by Crippen LogP contribution is -2.45. The fourth-order valence-electron chi connectivity index (χ4n) is 9.61. The second kappa shape index (κ2) is 59.6. The van der Waals surface area contributed by atoms with Crippen molar-refractivity contribution in [2.75, 3.05) is 13.2 Å². The first-order valence-corrected chi connectivity index (χ1v) is 31.2. The molecule has 70 heavy (non-hydrogen) atoms. The Bertz CT molecular complexity index is 1130. The van der Waals surface area contributed by atoms with Crippen LogP contribution >= 0.6 is 0 Å².